The Morgan fingerprint density at radius 2 is 1.77 bits per heavy atom. The molecule has 4 aliphatic rings. The third kappa shape index (κ3) is 1.82. The van der Waals surface area contributed by atoms with Gasteiger partial charge in [0, 0.05) is 0 Å². The van der Waals surface area contributed by atoms with Gasteiger partial charge in [0.15, 0.2) is 0 Å². The second-order valence-corrected chi connectivity index (χ2v) is 9.78. The predicted octanol–water partition coefficient (Wildman–Crippen LogP) is 6.39. The molecule has 0 aromatic carbocycles. The van der Waals surface area contributed by atoms with Crippen LogP contribution in [0.25, 0.3) is 0 Å². The Labute approximate surface area is 137 Å². The highest BCUT2D eigenvalue weighted by Crippen LogP contribution is 2.68. The SMILES string of the molecule is C=C1CC2CC(C)CCC2(C)C2CCC3(C)C(=C)CCC3C12. The van der Waals surface area contributed by atoms with Gasteiger partial charge in [-0.1, -0.05) is 51.5 Å². The van der Waals surface area contributed by atoms with Crippen LogP contribution in [0.1, 0.15) is 72.1 Å². The van der Waals surface area contributed by atoms with Crippen molar-refractivity contribution in [1.82, 2.24) is 0 Å². The molecule has 0 heteroatoms. The molecule has 7 atom stereocenters. The zero-order chi connectivity index (χ0) is 15.7. The zero-order valence-electron chi connectivity index (χ0n) is 15.0. The number of allylic oxidation sites excluding steroid dienone is 2. The molecule has 22 heavy (non-hydrogen) atoms. The molecule has 0 amide bonds. The van der Waals surface area contributed by atoms with E-state index in [1.165, 1.54) is 51.4 Å². The summed E-state index contributed by atoms with van der Waals surface area (Å²) in [6, 6.07) is 0. The van der Waals surface area contributed by atoms with Crippen molar-refractivity contribution in [3.8, 4) is 0 Å². The molecular weight excluding hydrogens is 264 g/mol. The van der Waals surface area contributed by atoms with Gasteiger partial charge in [0.05, 0.1) is 0 Å². The molecule has 4 rings (SSSR count). The molecule has 0 saturated heterocycles. The van der Waals surface area contributed by atoms with Crippen LogP contribution in [0.2, 0.25) is 0 Å². The van der Waals surface area contributed by atoms with Crippen LogP contribution in [0.15, 0.2) is 24.3 Å². The fourth-order valence-electron chi connectivity index (χ4n) is 7.25. The number of hydrogen-bond donors (Lipinski definition) is 0. The Bertz CT molecular complexity index is 514. The molecule has 4 fully saturated rings. The molecular formula is C22H34. The van der Waals surface area contributed by atoms with E-state index in [1.807, 2.05) is 0 Å². The molecule has 0 heterocycles. The molecule has 4 saturated carbocycles. The van der Waals surface area contributed by atoms with Crippen molar-refractivity contribution in [2.45, 2.75) is 72.1 Å². The van der Waals surface area contributed by atoms with Crippen molar-refractivity contribution in [2.24, 2.45) is 40.4 Å². The quantitative estimate of drug-likeness (QED) is 0.455. The van der Waals surface area contributed by atoms with Gasteiger partial charge in [-0.05, 0) is 85.4 Å². The predicted molar refractivity (Wildman–Crippen MR) is 94.6 cm³/mol. The molecule has 0 nitrogen and oxygen atoms in total. The topological polar surface area (TPSA) is 0 Å². The van der Waals surface area contributed by atoms with Crippen LogP contribution >= 0.6 is 0 Å². The van der Waals surface area contributed by atoms with Crippen LogP contribution in [-0.4, -0.2) is 0 Å². The summed E-state index contributed by atoms with van der Waals surface area (Å²) in [4.78, 5) is 0. The molecule has 122 valence electrons. The summed E-state index contributed by atoms with van der Waals surface area (Å²) in [7, 11) is 0. The highest BCUT2D eigenvalue weighted by molar-refractivity contribution is 5.27. The van der Waals surface area contributed by atoms with Crippen LogP contribution in [0.3, 0.4) is 0 Å². The number of fused-ring (bicyclic) bond motifs is 5. The summed E-state index contributed by atoms with van der Waals surface area (Å²) in [5.41, 5.74) is 4.19. The van der Waals surface area contributed by atoms with Gasteiger partial charge in [0.2, 0.25) is 0 Å². The third-order valence-electron chi connectivity index (χ3n) is 8.85. The second kappa shape index (κ2) is 4.74. The Balaban J connectivity index is 1.70. The minimum atomic E-state index is 0.426. The molecule has 0 aromatic rings. The second-order valence-electron chi connectivity index (χ2n) is 9.78. The van der Waals surface area contributed by atoms with Crippen molar-refractivity contribution >= 4 is 0 Å². The summed E-state index contributed by atoms with van der Waals surface area (Å²) < 4.78 is 0. The summed E-state index contributed by atoms with van der Waals surface area (Å²) in [6.07, 6.45) is 11.2. The van der Waals surface area contributed by atoms with Crippen molar-refractivity contribution in [1.29, 1.82) is 0 Å². The molecule has 0 spiro atoms. The average molecular weight is 299 g/mol. The summed E-state index contributed by atoms with van der Waals surface area (Å²) in [6.45, 7) is 16.7. The van der Waals surface area contributed by atoms with Crippen LogP contribution in [-0.2, 0) is 0 Å². The molecule has 0 bridgehead atoms. The zero-order valence-corrected chi connectivity index (χ0v) is 15.0. The smallest absolute Gasteiger partial charge is 0.00848 e. The lowest BCUT2D eigenvalue weighted by atomic mass is 9.43. The Hall–Kier alpha value is -0.520. The van der Waals surface area contributed by atoms with Gasteiger partial charge >= 0.3 is 0 Å². The summed E-state index contributed by atoms with van der Waals surface area (Å²) in [5.74, 6) is 4.41. The van der Waals surface area contributed by atoms with Crippen LogP contribution in [0.5, 0.6) is 0 Å². The first-order valence-electron chi connectivity index (χ1n) is 9.72. The van der Waals surface area contributed by atoms with E-state index < -0.39 is 0 Å². The molecule has 7 unspecified atom stereocenters. The van der Waals surface area contributed by atoms with Crippen LogP contribution in [0, 0.1) is 40.4 Å². The van der Waals surface area contributed by atoms with Gasteiger partial charge in [-0.3, -0.25) is 0 Å². The fraction of sp³-hybridized carbons (Fsp3) is 0.818. The van der Waals surface area contributed by atoms with E-state index in [1.54, 1.807) is 11.1 Å². The van der Waals surface area contributed by atoms with E-state index in [4.69, 9.17) is 0 Å². The summed E-state index contributed by atoms with van der Waals surface area (Å²) in [5, 5.41) is 0. The van der Waals surface area contributed by atoms with Gasteiger partial charge < -0.3 is 0 Å². The molecule has 0 radical (unpaired) electrons. The van der Waals surface area contributed by atoms with E-state index in [-0.39, 0.29) is 0 Å². The van der Waals surface area contributed by atoms with E-state index in [2.05, 4.69) is 33.9 Å². The number of hydrogen-bond acceptors (Lipinski definition) is 0. The van der Waals surface area contributed by atoms with E-state index in [9.17, 15) is 0 Å². The normalized spacial score (nSPS) is 54.6. The van der Waals surface area contributed by atoms with Crippen molar-refractivity contribution in [3.63, 3.8) is 0 Å². The molecule has 0 aliphatic heterocycles. The average Bonchev–Trinajstić information content (AvgIpc) is 2.77. The largest absolute Gasteiger partial charge is 0.0995 e. The van der Waals surface area contributed by atoms with E-state index in [0.717, 1.165) is 29.6 Å². The molecule has 4 aliphatic carbocycles. The maximum atomic E-state index is 4.63. The van der Waals surface area contributed by atoms with Gasteiger partial charge in [-0.2, -0.15) is 0 Å². The lowest BCUT2D eigenvalue weighted by Gasteiger charge is -2.61. The van der Waals surface area contributed by atoms with Crippen LogP contribution in [0.4, 0.5) is 0 Å². The maximum absolute atomic E-state index is 4.63. The minimum Gasteiger partial charge on any atom is -0.0995 e. The minimum absolute atomic E-state index is 0.426. The Morgan fingerprint density at radius 1 is 1.00 bits per heavy atom. The van der Waals surface area contributed by atoms with E-state index in [0.29, 0.717) is 10.8 Å². The van der Waals surface area contributed by atoms with Crippen LogP contribution < -0.4 is 0 Å². The van der Waals surface area contributed by atoms with Gasteiger partial charge in [-0.25, -0.2) is 0 Å². The highest BCUT2D eigenvalue weighted by atomic mass is 14.6. The molecule has 0 aromatic heterocycles. The van der Waals surface area contributed by atoms with Crippen molar-refractivity contribution < 1.29 is 0 Å². The first kappa shape index (κ1) is 15.0. The lowest BCUT2D eigenvalue weighted by molar-refractivity contribution is -0.0785. The monoisotopic (exact) mass is 298 g/mol. The van der Waals surface area contributed by atoms with Gasteiger partial charge in [-0.15, -0.1) is 0 Å². The standard InChI is InChI=1S/C22H34/c1-14-8-10-22(5)17(12-14)13-15(2)20-18-7-6-16(3)21(18,4)11-9-19(20)22/h14,17-20H,2-3,6-13H2,1,4-5H3. The lowest BCUT2D eigenvalue weighted by Crippen LogP contribution is -2.53. The van der Waals surface area contributed by atoms with E-state index >= 15 is 0 Å². The van der Waals surface area contributed by atoms with Crippen molar-refractivity contribution in [2.75, 3.05) is 0 Å². The van der Waals surface area contributed by atoms with Gasteiger partial charge in [0.1, 0.15) is 0 Å². The van der Waals surface area contributed by atoms with Crippen molar-refractivity contribution in [3.05, 3.63) is 24.3 Å². The highest BCUT2D eigenvalue weighted by Gasteiger charge is 2.59. The summed E-state index contributed by atoms with van der Waals surface area (Å²) >= 11 is 0. The number of rotatable bonds is 0. The maximum Gasteiger partial charge on any atom is -0.00848 e. The Morgan fingerprint density at radius 3 is 2.55 bits per heavy atom. The Kier molecular flexibility index (Phi) is 3.24. The molecule has 0 N–H and O–H groups in total. The van der Waals surface area contributed by atoms with Gasteiger partial charge in [0.25, 0.3) is 0 Å². The fourth-order valence-corrected chi connectivity index (χ4v) is 7.25. The first-order chi connectivity index (χ1) is 10.4. The first-order valence-corrected chi connectivity index (χ1v) is 9.72. The third-order valence-corrected chi connectivity index (χ3v) is 8.85.